The molecular formula is C16H18FN3O3S. The van der Waals surface area contributed by atoms with E-state index in [1.54, 1.807) is 0 Å². The molecule has 1 saturated carbocycles. The SMILES string of the molecule is O=S(=O)(Nc1nccnc1OCC1CCCC1)c1ccc(F)cc1. The van der Waals surface area contributed by atoms with Gasteiger partial charge in [-0.05, 0) is 43.0 Å². The zero-order valence-electron chi connectivity index (χ0n) is 13.0. The van der Waals surface area contributed by atoms with Gasteiger partial charge in [-0.15, -0.1) is 0 Å². The van der Waals surface area contributed by atoms with Crippen LogP contribution < -0.4 is 9.46 Å². The maximum atomic E-state index is 13.0. The number of rotatable bonds is 6. The van der Waals surface area contributed by atoms with Gasteiger partial charge in [-0.2, -0.15) is 0 Å². The highest BCUT2D eigenvalue weighted by Crippen LogP contribution is 2.27. The maximum absolute atomic E-state index is 13.0. The van der Waals surface area contributed by atoms with Gasteiger partial charge >= 0.3 is 0 Å². The van der Waals surface area contributed by atoms with E-state index in [1.807, 2.05) is 0 Å². The van der Waals surface area contributed by atoms with Crippen LogP contribution in [0, 0.1) is 11.7 Å². The second-order valence-corrected chi connectivity index (χ2v) is 7.41. The summed E-state index contributed by atoms with van der Waals surface area (Å²) in [7, 11) is -3.89. The number of benzene rings is 1. The molecule has 1 N–H and O–H groups in total. The van der Waals surface area contributed by atoms with Crippen molar-refractivity contribution in [3.63, 3.8) is 0 Å². The molecule has 0 radical (unpaired) electrons. The van der Waals surface area contributed by atoms with Gasteiger partial charge in [0.15, 0.2) is 0 Å². The fourth-order valence-corrected chi connectivity index (χ4v) is 3.68. The van der Waals surface area contributed by atoms with Crippen LogP contribution in [-0.2, 0) is 10.0 Å². The maximum Gasteiger partial charge on any atom is 0.263 e. The van der Waals surface area contributed by atoms with Crippen LogP contribution in [0.15, 0.2) is 41.6 Å². The van der Waals surface area contributed by atoms with E-state index < -0.39 is 15.8 Å². The molecule has 0 unspecified atom stereocenters. The summed E-state index contributed by atoms with van der Waals surface area (Å²) in [5.41, 5.74) is 0. The predicted octanol–water partition coefficient (Wildman–Crippen LogP) is 2.99. The van der Waals surface area contributed by atoms with Gasteiger partial charge in [-0.3, -0.25) is 4.72 Å². The van der Waals surface area contributed by atoms with E-state index >= 15 is 0 Å². The Labute approximate surface area is 140 Å². The molecule has 8 heteroatoms. The topological polar surface area (TPSA) is 81.2 Å². The summed E-state index contributed by atoms with van der Waals surface area (Å²) in [5.74, 6) is 0.137. The lowest BCUT2D eigenvalue weighted by atomic mass is 10.1. The van der Waals surface area contributed by atoms with Gasteiger partial charge < -0.3 is 4.74 Å². The molecule has 0 spiro atoms. The van der Waals surface area contributed by atoms with Gasteiger partial charge in [0.1, 0.15) is 5.82 Å². The molecule has 24 heavy (non-hydrogen) atoms. The fourth-order valence-electron chi connectivity index (χ4n) is 2.67. The fraction of sp³-hybridized carbons (Fsp3) is 0.375. The number of aromatic nitrogens is 2. The minimum atomic E-state index is -3.89. The molecule has 1 aromatic heterocycles. The first-order chi connectivity index (χ1) is 11.5. The predicted molar refractivity (Wildman–Crippen MR) is 86.7 cm³/mol. The number of sulfonamides is 1. The van der Waals surface area contributed by atoms with Crippen molar-refractivity contribution in [2.24, 2.45) is 5.92 Å². The van der Waals surface area contributed by atoms with Crippen LogP contribution in [0.25, 0.3) is 0 Å². The lowest BCUT2D eigenvalue weighted by molar-refractivity contribution is 0.244. The summed E-state index contributed by atoms with van der Waals surface area (Å²) in [4.78, 5) is 8.00. The Morgan fingerprint density at radius 3 is 2.50 bits per heavy atom. The van der Waals surface area contributed by atoms with E-state index in [9.17, 15) is 12.8 Å². The molecule has 1 heterocycles. The molecule has 1 aliphatic rings. The molecule has 1 aliphatic carbocycles. The van der Waals surface area contributed by atoms with E-state index in [0.29, 0.717) is 12.5 Å². The summed E-state index contributed by atoms with van der Waals surface area (Å²) in [6.07, 6.45) is 7.43. The quantitative estimate of drug-likeness (QED) is 0.865. The van der Waals surface area contributed by atoms with Gasteiger partial charge in [0, 0.05) is 12.4 Å². The van der Waals surface area contributed by atoms with Crippen molar-refractivity contribution in [2.45, 2.75) is 30.6 Å². The second kappa shape index (κ2) is 7.12. The third-order valence-electron chi connectivity index (χ3n) is 3.95. The summed E-state index contributed by atoms with van der Waals surface area (Å²) in [6, 6.07) is 4.55. The number of hydrogen-bond acceptors (Lipinski definition) is 5. The van der Waals surface area contributed by atoms with Crippen LogP contribution in [0.1, 0.15) is 25.7 Å². The first-order valence-electron chi connectivity index (χ1n) is 7.77. The molecule has 0 saturated heterocycles. The third kappa shape index (κ3) is 4.00. The molecule has 0 aliphatic heterocycles. The highest BCUT2D eigenvalue weighted by molar-refractivity contribution is 7.92. The molecule has 0 bridgehead atoms. The molecule has 1 aromatic carbocycles. The third-order valence-corrected chi connectivity index (χ3v) is 5.30. The summed E-state index contributed by atoms with van der Waals surface area (Å²) < 4.78 is 45.7. The summed E-state index contributed by atoms with van der Waals surface area (Å²) in [6.45, 7) is 0.490. The molecular weight excluding hydrogens is 333 g/mol. The number of nitrogens with one attached hydrogen (secondary N) is 1. The monoisotopic (exact) mass is 351 g/mol. The van der Waals surface area contributed by atoms with Crippen molar-refractivity contribution < 1.29 is 17.5 Å². The lowest BCUT2D eigenvalue weighted by Gasteiger charge is -2.14. The Hall–Kier alpha value is -2.22. The summed E-state index contributed by atoms with van der Waals surface area (Å²) in [5, 5.41) is 0. The van der Waals surface area contributed by atoms with Crippen molar-refractivity contribution in [1.82, 2.24) is 9.97 Å². The number of halogens is 1. The normalized spacial score (nSPS) is 15.4. The molecule has 3 rings (SSSR count). The Morgan fingerprint density at radius 1 is 1.12 bits per heavy atom. The second-order valence-electron chi connectivity index (χ2n) is 5.73. The van der Waals surface area contributed by atoms with E-state index in [-0.39, 0.29) is 16.6 Å². The molecule has 128 valence electrons. The number of hydrogen-bond donors (Lipinski definition) is 1. The zero-order valence-corrected chi connectivity index (χ0v) is 13.8. The Bertz CT molecular complexity index is 790. The van der Waals surface area contributed by atoms with Crippen LogP contribution in [0.3, 0.4) is 0 Å². The Morgan fingerprint density at radius 2 is 1.79 bits per heavy atom. The minimum absolute atomic E-state index is 0.0276. The van der Waals surface area contributed by atoms with Gasteiger partial charge in [-0.1, -0.05) is 12.8 Å². The van der Waals surface area contributed by atoms with Crippen molar-refractivity contribution in [1.29, 1.82) is 0 Å². The highest BCUT2D eigenvalue weighted by atomic mass is 32.2. The minimum Gasteiger partial charge on any atom is -0.475 e. The van der Waals surface area contributed by atoms with Crippen LogP contribution in [0.4, 0.5) is 10.2 Å². The molecule has 0 atom stereocenters. The molecule has 0 amide bonds. The smallest absolute Gasteiger partial charge is 0.263 e. The summed E-state index contributed by atoms with van der Waals surface area (Å²) >= 11 is 0. The largest absolute Gasteiger partial charge is 0.475 e. The standard InChI is InChI=1S/C16H18FN3O3S/c17-13-5-7-14(8-6-13)24(21,22)20-15-16(19-10-9-18-15)23-11-12-3-1-2-4-12/h5-10,12H,1-4,11H2,(H,18,20). The average Bonchev–Trinajstić information content (AvgIpc) is 3.07. The Kier molecular flexibility index (Phi) is 4.94. The van der Waals surface area contributed by atoms with Crippen molar-refractivity contribution >= 4 is 15.8 Å². The van der Waals surface area contributed by atoms with Crippen LogP contribution >= 0.6 is 0 Å². The van der Waals surface area contributed by atoms with Crippen molar-refractivity contribution in [3.8, 4) is 5.88 Å². The van der Waals surface area contributed by atoms with Gasteiger partial charge in [-0.25, -0.2) is 22.8 Å². The average molecular weight is 351 g/mol. The Balaban J connectivity index is 1.75. The van der Waals surface area contributed by atoms with Crippen molar-refractivity contribution in [3.05, 3.63) is 42.5 Å². The van der Waals surface area contributed by atoms with Crippen LogP contribution in [0.5, 0.6) is 5.88 Å². The van der Waals surface area contributed by atoms with E-state index in [2.05, 4.69) is 14.7 Å². The van der Waals surface area contributed by atoms with E-state index in [0.717, 1.165) is 25.0 Å². The highest BCUT2D eigenvalue weighted by Gasteiger charge is 2.20. The van der Waals surface area contributed by atoms with E-state index in [4.69, 9.17) is 4.74 Å². The van der Waals surface area contributed by atoms with E-state index in [1.165, 1.54) is 37.4 Å². The molecule has 2 aromatic rings. The lowest BCUT2D eigenvalue weighted by Crippen LogP contribution is -2.16. The number of ether oxygens (including phenoxy) is 1. The van der Waals surface area contributed by atoms with Crippen LogP contribution in [-0.4, -0.2) is 25.0 Å². The van der Waals surface area contributed by atoms with Gasteiger partial charge in [0.05, 0.1) is 11.5 Å². The molecule has 6 nitrogen and oxygen atoms in total. The molecule has 1 fully saturated rings. The van der Waals surface area contributed by atoms with Gasteiger partial charge in [0.2, 0.25) is 5.82 Å². The van der Waals surface area contributed by atoms with Crippen molar-refractivity contribution in [2.75, 3.05) is 11.3 Å². The first kappa shape index (κ1) is 16.6. The van der Waals surface area contributed by atoms with Gasteiger partial charge in [0.25, 0.3) is 15.9 Å². The number of anilines is 1. The van der Waals surface area contributed by atoms with Crippen LogP contribution in [0.2, 0.25) is 0 Å². The number of nitrogens with zero attached hydrogens (tertiary/aromatic N) is 2. The first-order valence-corrected chi connectivity index (χ1v) is 9.25. The zero-order chi connectivity index (χ0) is 17.0.